The molecule has 0 saturated carbocycles. The summed E-state index contributed by atoms with van der Waals surface area (Å²) in [5, 5.41) is 4.87. The topological polar surface area (TPSA) is 38.9 Å². The van der Waals surface area contributed by atoms with Crippen LogP contribution in [0.4, 0.5) is 0 Å². The molecule has 0 aliphatic heterocycles. The van der Waals surface area contributed by atoms with Crippen molar-refractivity contribution in [3.05, 3.63) is 168 Å². The van der Waals surface area contributed by atoms with E-state index >= 15 is 0 Å². The number of aryl methyl sites for hydroxylation is 2. The van der Waals surface area contributed by atoms with E-state index in [0.717, 1.165) is 32.8 Å². The zero-order valence-electron chi connectivity index (χ0n) is 41.8. The first kappa shape index (κ1) is 31.6. The van der Waals surface area contributed by atoms with Gasteiger partial charge >= 0.3 is 0 Å². The normalized spacial score (nSPS) is 14.5. The second-order valence-electron chi connectivity index (χ2n) is 16.0. The Bertz CT molecular complexity index is 3230. The molecule has 0 saturated heterocycles. The van der Waals surface area contributed by atoms with E-state index in [0.29, 0.717) is 49.9 Å². The average Bonchev–Trinajstić information content (AvgIpc) is 3.64. The summed E-state index contributed by atoms with van der Waals surface area (Å²) in [6, 6.07) is 42.8. The van der Waals surface area contributed by atoms with Crippen molar-refractivity contribution in [1.29, 1.82) is 0 Å². The molecule has 0 N–H and O–H groups in total. The van der Waals surface area contributed by atoms with Crippen LogP contribution in [0.2, 0.25) is 0 Å². The van der Waals surface area contributed by atoms with E-state index in [9.17, 15) is 0 Å². The van der Waals surface area contributed by atoms with Gasteiger partial charge in [-0.15, -0.1) is 53.6 Å². The smallest absolute Gasteiger partial charge is 0.129 e. The molecule has 0 fully saturated rings. The summed E-state index contributed by atoms with van der Waals surface area (Å²) >= 11 is 0. The summed E-state index contributed by atoms with van der Waals surface area (Å²) in [6.45, 7) is 8.59. The summed E-state index contributed by atoms with van der Waals surface area (Å²) in [7, 11) is 0. The monoisotopic (exact) mass is 943 g/mol. The molecule has 0 atom stereocenters. The number of hydrogen-bond donors (Lipinski definition) is 0. The molecule has 0 aliphatic carbocycles. The van der Waals surface area contributed by atoms with Gasteiger partial charge in [-0.25, -0.2) is 0 Å². The largest absolute Gasteiger partial charge is 0.500 e. The van der Waals surface area contributed by atoms with Crippen LogP contribution in [-0.2, 0) is 25.5 Å². The van der Waals surface area contributed by atoms with Gasteiger partial charge in [0.05, 0.1) is 5.58 Å². The van der Waals surface area contributed by atoms with Crippen molar-refractivity contribution in [2.75, 3.05) is 0 Å². The van der Waals surface area contributed by atoms with Crippen LogP contribution >= 0.6 is 0 Å². The van der Waals surface area contributed by atoms with Crippen LogP contribution in [0, 0.1) is 25.8 Å². The summed E-state index contributed by atoms with van der Waals surface area (Å²) < 4.78 is 74.6. The molecular formula is C54H50IrN2O-2. The Labute approximate surface area is 368 Å². The Morgan fingerprint density at radius 2 is 1.41 bits per heavy atom. The molecule has 1 radical (unpaired) electrons. The van der Waals surface area contributed by atoms with Crippen molar-refractivity contribution in [2.24, 2.45) is 0 Å². The standard InChI is InChI=1S/C39H34NO.C15H16N.Ir/c1-22(2)28-15-17-30(33(19-28)23(3)4)34-20-35(40-21-25(34)6)31-16-11-24(5)36-32-18-14-27-13-12-26-9-7-8-10-29(26)37(27)39(32)41-38(31)36;1-15(2,3)13-9-10-14(16-11-13)12-7-5-4-6-8-12;/h7-15,17-23H,1-6H3;4-7,9-11H,1-3H3;/q2*-1;/i5D3,6D3,22D,23D;;. The van der Waals surface area contributed by atoms with Gasteiger partial charge in [0.25, 0.3) is 0 Å². The third-order valence-corrected chi connectivity index (χ3v) is 10.6. The number of hydrogen-bond acceptors (Lipinski definition) is 3. The predicted molar refractivity (Wildman–Crippen MR) is 241 cm³/mol. The molecule has 3 heterocycles. The van der Waals surface area contributed by atoms with Crippen LogP contribution in [0.3, 0.4) is 0 Å². The van der Waals surface area contributed by atoms with Gasteiger partial charge in [-0.05, 0) is 85.0 Å². The van der Waals surface area contributed by atoms with Gasteiger partial charge in [-0.2, -0.15) is 0 Å². The van der Waals surface area contributed by atoms with Gasteiger partial charge in [-0.1, -0.05) is 151 Å². The maximum Gasteiger partial charge on any atom is 0.129 e. The molecule has 3 aromatic heterocycles. The van der Waals surface area contributed by atoms with Crippen LogP contribution in [0.15, 0.2) is 132 Å². The fourth-order valence-electron chi connectivity index (χ4n) is 7.43. The molecule has 0 spiro atoms. The van der Waals surface area contributed by atoms with Crippen molar-refractivity contribution in [3.63, 3.8) is 0 Å². The van der Waals surface area contributed by atoms with Gasteiger partial charge in [0.15, 0.2) is 0 Å². The van der Waals surface area contributed by atoms with Crippen molar-refractivity contribution in [1.82, 2.24) is 9.97 Å². The number of benzene rings is 6. The average molecular weight is 943 g/mol. The first-order valence-electron chi connectivity index (χ1n) is 23.2. The number of aromatic nitrogens is 2. The van der Waals surface area contributed by atoms with Crippen LogP contribution in [-0.4, -0.2) is 9.97 Å². The number of pyridine rings is 2. The first-order chi connectivity index (χ1) is 30.4. The molecule has 4 heteroatoms. The van der Waals surface area contributed by atoms with Crippen LogP contribution < -0.4 is 0 Å². The maximum atomic E-state index is 8.99. The molecule has 9 rings (SSSR count). The predicted octanol–water partition coefficient (Wildman–Crippen LogP) is 15.1. The van der Waals surface area contributed by atoms with E-state index in [1.807, 2.05) is 85.1 Å². The van der Waals surface area contributed by atoms with Crippen molar-refractivity contribution in [2.45, 2.75) is 79.4 Å². The first-order valence-corrected chi connectivity index (χ1v) is 19.2. The number of fused-ring (bicyclic) bond motifs is 7. The molecular weight excluding hydrogens is 885 g/mol. The minimum atomic E-state index is -2.53. The molecule has 0 amide bonds. The zero-order valence-corrected chi connectivity index (χ0v) is 36.2. The fraction of sp³-hybridized carbons (Fsp3) is 0.222. The van der Waals surface area contributed by atoms with Gasteiger partial charge in [0, 0.05) is 54.2 Å². The molecule has 0 unspecified atom stereocenters. The molecule has 293 valence electrons. The van der Waals surface area contributed by atoms with Gasteiger partial charge in [0.1, 0.15) is 5.58 Å². The Kier molecular flexibility index (Phi) is 8.95. The Balaban J connectivity index is 0.000000322. The minimum Gasteiger partial charge on any atom is -0.500 e. The van der Waals surface area contributed by atoms with E-state index in [2.05, 4.69) is 55.0 Å². The second kappa shape index (κ2) is 16.4. The number of furan rings is 1. The zero-order chi connectivity index (χ0) is 46.9. The van der Waals surface area contributed by atoms with E-state index in [1.54, 1.807) is 45.9 Å². The third kappa shape index (κ3) is 7.76. The van der Waals surface area contributed by atoms with E-state index in [-0.39, 0.29) is 42.2 Å². The van der Waals surface area contributed by atoms with E-state index in [1.165, 1.54) is 17.8 Å². The van der Waals surface area contributed by atoms with Gasteiger partial charge < -0.3 is 14.4 Å². The van der Waals surface area contributed by atoms with Crippen LogP contribution in [0.25, 0.3) is 77.1 Å². The fourth-order valence-corrected chi connectivity index (χ4v) is 7.43. The number of nitrogens with zero attached hydrogens (tertiary/aromatic N) is 2. The summed E-state index contributed by atoms with van der Waals surface area (Å²) in [4.78, 5) is 9.09. The minimum absolute atomic E-state index is 0. The molecule has 3 nitrogen and oxygen atoms in total. The Morgan fingerprint density at radius 1 is 0.655 bits per heavy atom. The third-order valence-electron chi connectivity index (χ3n) is 10.6. The molecule has 9 aromatic rings. The maximum absolute atomic E-state index is 8.99. The molecule has 0 aliphatic rings. The SMILES string of the molecule is CC(C)(C)c1ccc(-c2[c-]cccc2)nc1.[2H]C([2H])([2H])c1cnc(-c2[c-]cc(C([2H])([2H])[2H])c3c2oc2c3ccc3ccc4ccccc4c32)cc1-c1ccc(C([2H])(C)C)cc1C([2H])(C)C.[Ir]. The van der Waals surface area contributed by atoms with Crippen molar-refractivity contribution >= 4 is 43.5 Å². The van der Waals surface area contributed by atoms with E-state index in [4.69, 9.17) is 15.4 Å². The number of rotatable bonds is 5. The van der Waals surface area contributed by atoms with Gasteiger partial charge in [-0.3, -0.25) is 0 Å². The summed E-state index contributed by atoms with van der Waals surface area (Å²) in [6.07, 6.45) is 3.28. The molecule has 6 aromatic carbocycles. The summed E-state index contributed by atoms with van der Waals surface area (Å²) in [5.74, 6) is -2.06. The van der Waals surface area contributed by atoms with Crippen LogP contribution in [0.1, 0.15) is 99.0 Å². The Hall–Kier alpha value is -5.41. The van der Waals surface area contributed by atoms with Crippen LogP contribution in [0.5, 0.6) is 0 Å². The quantitative estimate of drug-likeness (QED) is 0.127. The van der Waals surface area contributed by atoms with Gasteiger partial charge in [0.2, 0.25) is 0 Å². The molecule has 0 bridgehead atoms. The molecule has 58 heavy (non-hydrogen) atoms. The van der Waals surface area contributed by atoms with Crippen molar-refractivity contribution < 1.29 is 35.5 Å². The van der Waals surface area contributed by atoms with Crippen molar-refractivity contribution in [3.8, 4) is 33.6 Å². The second-order valence-corrected chi connectivity index (χ2v) is 16.0. The van der Waals surface area contributed by atoms with E-state index < -0.39 is 25.5 Å². The Morgan fingerprint density at radius 3 is 2.12 bits per heavy atom. The summed E-state index contributed by atoms with van der Waals surface area (Å²) in [5.41, 5.74) is 7.29.